The minimum Gasteiger partial charge on any atom is -0.305 e. The van der Waals surface area contributed by atoms with E-state index in [0.29, 0.717) is 6.04 Å². The lowest BCUT2D eigenvalue weighted by molar-refractivity contribution is 0.0922. The Morgan fingerprint density at radius 2 is 2.00 bits per heavy atom. The molecule has 2 rings (SSSR count). The van der Waals surface area contributed by atoms with E-state index >= 15 is 0 Å². The van der Waals surface area contributed by atoms with Gasteiger partial charge in [-0.2, -0.15) is 0 Å². The predicted octanol–water partition coefficient (Wildman–Crippen LogP) is 2.80. The fraction of sp³-hybridized carbons (Fsp3) is 0.533. The molecule has 17 heavy (non-hydrogen) atoms. The number of Topliss-reactive ketones (excluding diaryl/α,β-unsaturated/α-hetero) is 1. The van der Waals surface area contributed by atoms with Crippen molar-refractivity contribution in [2.75, 3.05) is 0 Å². The van der Waals surface area contributed by atoms with Gasteiger partial charge in [-0.1, -0.05) is 25.5 Å². The number of ketones is 1. The Morgan fingerprint density at radius 1 is 1.29 bits per heavy atom. The lowest BCUT2D eigenvalue weighted by atomic mass is 9.83. The van der Waals surface area contributed by atoms with Crippen LogP contribution in [0, 0.1) is 13.8 Å². The van der Waals surface area contributed by atoms with E-state index in [9.17, 15) is 4.79 Å². The number of hydrogen-bond acceptors (Lipinski definition) is 2. The van der Waals surface area contributed by atoms with Crippen LogP contribution >= 0.6 is 0 Å². The van der Waals surface area contributed by atoms with Crippen molar-refractivity contribution >= 4 is 5.78 Å². The molecular formula is C15H21NO. The molecule has 1 atom stereocenters. The molecule has 2 nitrogen and oxygen atoms in total. The van der Waals surface area contributed by atoms with Crippen molar-refractivity contribution in [1.29, 1.82) is 0 Å². The highest BCUT2D eigenvalue weighted by Gasteiger charge is 2.28. The molecule has 0 aromatic heterocycles. The van der Waals surface area contributed by atoms with Crippen molar-refractivity contribution in [2.24, 2.45) is 0 Å². The quantitative estimate of drug-likeness (QED) is 0.848. The minimum atomic E-state index is 0.00343. The van der Waals surface area contributed by atoms with Crippen molar-refractivity contribution in [3.63, 3.8) is 0 Å². The standard InChI is InChI=1S/C15H21NO/c1-9(2)16-14-6-5-12-11(4)7-10(3)8-13(12)15(14)17/h7-9,14,16H,5-6H2,1-4H3. The summed E-state index contributed by atoms with van der Waals surface area (Å²) in [6.07, 6.45) is 1.94. The Morgan fingerprint density at radius 3 is 2.65 bits per heavy atom. The van der Waals surface area contributed by atoms with Crippen LogP contribution in [0.25, 0.3) is 0 Å². The average Bonchev–Trinajstić information content (AvgIpc) is 2.22. The maximum absolute atomic E-state index is 12.4. The summed E-state index contributed by atoms with van der Waals surface area (Å²) in [5.41, 5.74) is 4.63. The first-order valence-corrected chi connectivity index (χ1v) is 6.39. The van der Waals surface area contributed by atoms with Gasteiger partial charge in [0.15, 0.2) is 5.78 Å². The van der Waals surface area contributed by atoms with Crippen molar-refractivity contribution in [2.45, 2.75) is 52.6 Å². The monoisotopic (exact) mass is 231 g/mol. The molecule has 0 saturated carbocycles. The number of hydrogen-bond donors (Lipinski definition) is 1. The summed E-state index contributed by atoms with van der Waals surface area (Å²) in [5, 5.41) is 3.36. The third-order valence-corrected chi connectivity index (χ3v) is 3.42. The summed E-state index contributed by atoms with van der Waals surface area (Å²) in [5.74, 6) is 0.270. The molecule has 0 saturated heterocycles. The molecule has 0 radical (unpaired) electrons. The Balaban J connectivity index is 2.35. The molecule has 0 heterocycles. The van der Waals surface area contributed by atoms with E-state index in [-0.39, 0.29) is 11.8 Å². The average molecular weight is 231 g/mol. The van der Waals surface area contributed by atoms with E-state index in [2.05, 4.69) is 39.1 Å². The van der Waals surface area contributed by atoms with Crippen molar-refractivity contribution in [3.05, 3.63) is 34.4 Å². The van der Waals surface area contributed by atoms with Crippen molar-refractivity contribution in [1.82, 2.24) is 5.32 Å². The SMILES string of the molecule is Cc1cc(C)c2c(c1)C(=O)C(NC(C)C)CC2. The summed E-state index contributed by atoms with van der Waals surface area (Å²) >= 11 is 0. The van der Waals surface area contributed by atoms with E-state index in [1.54, 1.807) is 0 Å². The Kier molecular flexibility index (Phi) is 3.34. The molecule has 92 valence electrons. The van der Waals surface area contributed by atoms with E-state index < -0.39 is 0 Å². The van der Waals surface area contributed by atoms with E-state index in [4.69, 9.17) is 0 Å². The third kappa shape index (κ3) is 2.42. The lowest BCUT2D eigenvalue weighted by Crippen LogP contribution is -2.43. The zero-order chi connectivity index (χ0) is 12.6. The van der Waals surface area contributed by atoms with Gasteiger partial charge >= 0.3 is 0 Å². The van der Waals surface area contributed by atoms with Crippen LogP contribution in [0.15, 0.2) is 12.1 Å². The Hall–Kier alpha value is -1.15. The van der Waals surface area contributed by atoms with Gasteiger partial charge in [0, 0.05) is 11.6 Å². The lowest BCUT2D eigenvalue weighted by Gasteiger charge is -2.27. The van der Waals surface area contributed by atoms with Gasteiger partial charge in [0.2, 0.25) is 0 Å². The summed E-state index contributed by atoms with van der Waals surface area (Å²) in [7, 11) is 0. The van der Waals surface area contributed by atoms with Gasteiger partial charge in [-0.05, 0) is 43.9 Å². The second-order valence-electron chi connectivity index (χ2n) is 5.38. The molecule has 1 aliphatic carbocycles. The summed E-state index contributed by atoms with van der Waals surface area (Å²) < 4.78 is 0. The first kappa shape index (κ1) is 12.3. The number of carbonyl (C=O) groups excluding carboxylic acids is 1. The first-order chi connectivity index (χ1) is 7.99. The van der Waals surface area contributed by atoms with Crippen molar-refractivity contribution < 1.29 is 4.79 Å². The summed E-state index contributed by atoms with van der Waals surface area (Å²) in [4.78, 5) is 12.4. The van der Waals surface area contributed by atoms with Crippen LogP contribution in [-0.4, -0.2) is 17.9 Å². The van der Waals surface area contributed by atoms with Gasteiger partial charge in [0.25, 0.3) is 0 Å². The highest BCUT2D eigenvalue weighted by molar-refractivity contribution is 6.02. The van der Waals surface area contributed by atoms with E-state index in [0.717, 1.165) is 18.4 Å². The molecule has 0 spiro atoms. The summed E-state index contributed by atoms with van der Waals surface area (Å²) in [6.45, 7) is 8.34. The molecule has 2 heteroatoms. The van der Waals surface area contributed by atoms with Gasteiger partial charge in [-0.25, -0.2) is 0 Å². The van der Waals surface area contributed by atoms with Gasteiger partial charge in [0.05, 0.1) is 6.04 Å². The summed E-state index contributed by atoms with van der Waals surface area (Å²) in [6, 6.07) is 4.57. The third-order valence-electron chi connectivity index (χ3n) is 3.42. The van der Waals surface area contributed by atoms with Crippen molar-refractivity contribution in [3.8, 4) is 0 Å². The molecule has 1 aromatic carbocycles. The van der Waals surface area contributed by atoms with Crippen LogP contribution in [0.1, 0.15) is 47.3 Å². The predicted molar refractivity (Wildman–Crippen MR) is 70.6 cm³/mol. The molecule has 1 aromatic rings. The Bertz CT molecular complexity index is 448. The van der Waals surface area contributed by atoms with Gasteiger partial charge in [-0.15, -0.1) is 0 Å². The van der Waals surface area contributed by atoms with E-state index in [1.807, 2.05) is 6.07 Å². The van der Waals surface area contributed by atoms with Crippen LogP contribution < -0.4 is 5.32 Å². The molecular weight excluding hydrogens is 210 g/mol. The fourth-order valence-electron chi connectivity index (χ4n) is 2.72. The number of aryl methyl sites for hydroxylation is 2. The van der Waals surface area contributed by atoms with Gasteiger partial charge < -0.3 is 5.32 Å². The molecule has 0 amide bonds. The molecule has 0 aliphatic heterocycles. The number of nitrogens with one attached hydrogen (secondary N) is 1. The maximum atomic E-state index is 12.4. The van der Waals surface area contributed by atoms with Crippen LogP contribution in [0.5, 0.6) is 0 Å². The highest BCUT2D eigenvalue weighted by Crippen LogP contribution is 2.26. The maximum Gasteiger partial charge on any atom is 0.180 e. The first-order valence-electron chi connectivity index (χ1n) is 6.39. The highest BCUT2D eigenvalue weighted by atomic mass is 16.1. The molecule has 0 fully saturated rings. The fourth-order valence-corrected chi connectivity index (χ4v) is 2.72. The van der Waals surface area contributed by atoms with Crippen LogP contribution in [0.2, 0.25) is 0 Å². The topological polar surface area (TPSA) is 29.1 Å². The second-order valence-corrected chi connectivity index (χ2v) is 5.38. The van der Waals surface area contributed by atoms with Crippen LogP contribution in [0.4, 0.5) is 0 Å². The number of fused-ring (bicyclic) bond motifs is 1. The minimum absolute atomic E-state index is 0.00343. The largest absolute Gasteiger partial charge is 0.305 e. The Labute approximate surface area is 103 Å². The number of rotatable bonds is 2. The molecule has 1 aliphatic rings. The molecule has 1 N–H and O–H groups in total. The van der Waals surface area contributed by atoms with Gasteiger partial charge in [-0.3, -0.25) is 4.79 Å². The van der Waals surface area contributed by atoms with Gasteiger partial charge in [0.1, 0.15) is 0 Å². The number of benzene rings is 1. The van der Waals surface area contributed by atoms with Crippen LogP contribution in [-0.2, 0) is 6.42 Å². The smallest absolute Gasteiger partial charge is 0.180 e. The second kappa shape index (κ2) is 4.61. The normalized spacial score (nSPS) is 19.6. The zero-order valence-electron chi connectivity index (χ0n) is 11.1. The van der Waals surface area contributed by atoms with Crippen LogP contribution in [0.3, 0.4) is 0 Å². The van der Waals surface area contributed by atoms with E-state index in [1.165, 1.54) is 16.7 Å². The molecule has 0 bridgehead atoms. The number of carbonyl (C=O) groups is 1. The zero-order valence-corrected chi connectivity index (χ0v) is 11.1. The molecule has 1 unspecified atom stereocenters.